The SMILES string of the molecule is CC(C)(C)c1ccnc(-n2c3ccccc3c3ccc(Oc4cccc(-n5[c-][n+]6c7c(cccc75)-c5ccccc5-c5ccc(C(C)(C)C)cc5-c5cccc(-c7cc(-c8ccccc8)cc(-c8ccccc8)c7)c5-6)c4)cc32)c1. The Morgan fingerprint density at radius 1 is 0.392 bits per heavy atom. The molecule has 14 rings (SSSR count). The fourth-order valence-corrected chi connectivity index (χ4v) is 11.9. The summed E-state index contributed by atoms with van der Waals surface area (Å²) in [4.78, 5) is 4.94. The first-order valence-electron chi connectivity index (χ1n) is 27.3. The number of hydrogen-bond donors (Lipinski definition) is 0. The first kappa shape index (κ1) is 47.8. The average molecular weight is 1020 g/mol. The molecule has 4 heterocycles. The van der Waals surface area contributed by atoms with Gasteiger partial charge in [-0.05, 0) is 155 Å². The van der Waals surface area contributed by atoms with Crippen LogP contribution in [-0.4, -0.2) is 14.1 Å². The largest absolute Gasteiger partial charge is 0.458 e. The number of aromatic nitrogens is 4. The fourth-order valence-electron chi connectivity index (χ4n) is 11.9. The van der Waals surface area contributed by atoms with Crippen molar-refractivity contribution in [2.24, 2.45) is 0 Å². The number of fused-ring (bicyclic) bond motifs is 10. The predicted molar refractivity (Wildman–Crippen MR) is 326 cm³/mol. The van der Waals surface area contributed by atoms with E-state index in [0.29, 0.717) is 5.75 Å². The molecule has 5 nitrogen and oxygen atoms in total. The van der Waals surface area contributed by atoms with Gasteiger partial charge in [-0.3, -0.25) is 13.7 Å². The number of para-hydroxylation sites is 3. The first-order chi connectivity index (χ1) is 38.4. The summed E-state index contributed by atoms with van der Waals surface area (Å²) in [6, 6.07) is 85.8. The lowest BCUT2D eigenvalue weighted by atomic mass is 9.81. The maximum atomic E-state index is 6.94. The van der Waals surface area contributed by atoms with Crippen LogP contribution in [0.25, 0.3) is 117 Å². The Kier molecular flexibility index (Phi) is 11.2. The summed E-state index contributed by atoms with van der Waals surface area (Å²) < 4.78 is 13.8. The zero-order chi connectivity index (χ0) is 53.6. The number of imidazole rings is 1. The Labute approximate surface area is 462 Å². The van der Waals surface area contributed by atoms with Gasteiger partial charge < -0.3 is 4.74 Å². The standard InChI is InChI=1S/C74H58N4O/c1-73(2,3)53-34-36-61-59-26-13-14-27-60(59)64-31-19-33-68-72(64)77(71-58(29-18-30-65(71)66(61)43-53)52-41-50(48-20-9-7-10-21-48)40-51(42-52)49-22-11-8-12-23-49)47-76(68)55-24-17-25-56(45-55)79-57-35-37-63-62-28-15-16-32-67(62)78(69(63)46-57)70-44-54(38-39-75-70)74(4,5)6/h7-46H,1-6H3. The van der Waals surface area contributed by atoms with Gasteiger partial charge in [-0.15, -0.1) is 0 Å². The number of nitrogens with zero attached hydrogens (tertiary/aromatic N) is 4. The van der Waals surface area contributed by atoms with E-state index in [4.69, 9.17) is 9.72 Å². The zero-order valence-corrected chi connectivity index (χ0v) is 45.3. The smallest absolute Gasteiger partial charge is 0.269 e. The van der Waals surface area contributed by atoms with Crippen molar-refractivity contribution in [3.63, 3.8) is 0 Å². The van der Waals surface area contributed by atoms with Gasteiger partial charge in [0.2, 0.25) is 0 Å². The maximum absolute atomic E-state index is 6.94. The van der Waals surface area contributed by atoms with Crippen LogP contribution < -0.4 is 9.30 Å². The molecule has 10 aromatic carbocycles. The van der Waals surface area contributed by atoms with Gasteiger partial charge in [0.05, 0.1) is 33.4 Å². The average Bonchev–Trinajstić information content (AvgIpc) is 4.20. The molecule has 0 bridgehead atoms. The third kappa shape index (κ3) is 8.32. The Morgan fingerprint density at radius 2 is 0.962 bits per heavy atom. The fraction of sp³-hybridized carbons (Fsp3) is 0.108. The minimum Gasteiger partial charge on any atom is -0.458 e. The molecule has 0 fully saturated rings. The minimum absolute atomic E-state index is 0.0344. The highest BCUT2D eigenvalue weighted by Crippen LogP contribution is 2.47. The lowest BCUT2D eigenvalue weighted by Crippen LogP contribution is -2.32. The highest BCUT2D eigenvalue weighted by molar-refractivity contribution is 6.09. The van der Waals surface area contributed by atoms with E-state index in [1.54, 1.807) is 0 Å². The molecule has 380 valence electrons. The lowest BCUT2D eigenvalue weighted by Gasteiger charge is -2.24. The molecular formula is C74H58N4O. The van der Waals surface area contributed by atoms with Gasteiger partial charge in [-0.2, -0.15) is 0 Å². The summed E-state index contributed by atoms with van der Waals surface area (Å²) in [6.07, 6.45) is 5.97. The summed E-state index contributed by atoms with van der Waals surface area (Å²) in [5.41, 5.74) is 22.4. The van der Waals surface area contributed by atoms with Crippen molar-refractivity contribution >= 4 is 32.8 Å². The molecule has 3 aromatic heterocycles. The molecule has 0 saturated carbocycles. The van der Waals surface area contributed by atoms with E-state index in [2.05, 4.69) is 292 Å². The normalized spacial score (nSPS) is 12.2. The second-order valence-electron chi connectivity index (χ2n) is 23.0. The quantitative estimate of drug-likeness (QED) is 0.118. The monoisotopic (exact) mass is 1020 g/mol. The highest BCUT2D eigenvalue weighted by atomic mass is 16.5. The lowest BCUT2D eigenvalue weighted by molar-refractivity contribution is -0.570. The van der Waals surface area contributed by atoms with Crippen LogP contribution in [0, 0.1) is 6.33 Å². The van der Waals surface area contributed by atoms with Gasteiger partial charge in [0.1, 0.15) is 17.3 Å². The third-order valence-corrected chi connectivity index (χ3v) is 15.9. The maximum Gasteiger partial charge on any atom is 0.269 e. The molecular weight excluding hydrogens is 961 g/mol. The van der Waals surface area contributed by atoms with E-state index >= 15 is 0 Å². The molecule has 0 atom stereocenters. The second kappa shape index (κ2) is 18.6. The van der Waals surface area contributed by atoms with E-state index < -0.39 is 0 Å². The molecule has 1 aliphatic rings. The van der Waals surface area contributed by atoms with Crippen molar-refractivity contribution < 1.29 is 9.30 Å². The van der Waals surface area contributed by atoms with Crippen LogP contribution in [0.3, 0.4) is 0 Å². The van der Waals surface area contributed by atoms with Gasteiger partial charge >= 0.3 is 0 Å². The number of hydrogen-bond acceptors (Lipinski definition) is 2. The molecule has 1 aliphatic heterocycles. The van der Waals surface area contributed by atoms with Gasteiger partial charge in [-0.1, -0.05) is 205 Å². The van der Waals surface area contributed by atoms with E-state index in [1.807, 2.05) is 12.3 Å². The number of ether oxygens (including phenoxy) is 1. The molecule has 5 heteroatoms. The van der Waals surface area contributed by atoms with E-state index in [1.165, 1.54) is 33.2 Å². The van der Waals surface area contributed by atoms with Crippen molar-refractivity contribution in [2.75, 3.05) is 0 Å². The Morgan fingerprint density at radius 3 is 1.71 bits per heavy atom. The first-order valence-corrected chi connectivity index (χ1v) is 27.3. The summed E-state index contributed by atoms with van der Waals surface area (Å²) in [5.74, 6) is 2.33. The summed E-state index contributed by atoms with van der Waals surface area (Å²) in [6.45, 7) is 13.6. The Bertz CT molecular complexity index is 4470. The Hall–Kier alpha value is -9.58. The van der Waals surface area contributed by atoms with Crippen LogP contribution in [0.1, 0.15) is 52.7 Å². The summed E-state index contributed by atoms with van der Waals surface area (Å²) in [7, 11) is 0. The molecule has 13 aromatic rings. The van der Waals surface area contributed by atoms with Gasteiger partial charge in [0.25, 0.3) is 6.33 Å². The molecule has 0 unspecified atom stereocenters. The Balaban J connectivity index is 0.985. The molecule has 0 spiro atoms. The zero-order valence-electron chi connectivity index (χ0n) is 45.3. The van der Waals surface area contributed by atoms with Crippen LogP contribution in [0.4, 0.5) is 0 Å². The minimum atomic E-state index is -0.0926. The van der Waals surface area contributed by atoms with Crippen LogP contribution in [0.2, 0.25) is 0 Å². The molecule has 0 radical (unpaired) electrons. The van der Waals surface area contributed by atoms with E-state index in [-0.39, 0.29) is 10.8 Å². The molecule has 79 heavy (non-hydrogen) atoms. The summed E-state index contributed by atoms with van der Waals surface area (Å²) >= 11 is 0. The van der Waals surface area contributed by atoms with Gasteiger partial charge in [-0.25, -0.2) is 4.98 Å². The van der Waals surface area contributed by atoms with Gasteiger partial charge in [0, 0.05) is 23.0 Å². The van der Waals surface area contributed by atoms with E-state index in [9.17, 15) is 0 Å². The van der Waals surface area contributed by atoms with Crippen molar-refractivity contribution in [2.45, 2.75) is 52.4 Å². The number of benzene rings is 10. The van der Waals surface area contributed by atoms with Crippen molar-refractivity contribution in [3.8, 4) is 95.5 Å². The molecule has 0 saturated heterocycles. The molecule has 0 N–H and O–H groups in total. The van der Waals surface area contributed by atoms with Crippen LogP contribution in [-0.2, 0) is 10.8 Å². The number of pyridine rings is 1. The van der Waals surface area contributed by atoms with Crippen LogP contribution in [0.15, 0.2) is 243 Å². The second-order valence-corrected chi connectivity index (χ2v) is 23.0. The van der Waals surface area contributed by atoms with Gasteiger partial charge in [0.15, 0.2) is 0 Å². The van der Waals surface area contributed by atoms with Crippen molar-refractivity contribution in [1.82, 2.24) is 14.1 Å². The predicted octanol–water partition coefficient (Wildman–Crippen LogP) is 18.9. The van der Waals surface area contributed by atoms with Crippen LogP contribution in [0.5, 0.6) is 11.5 Å². The van der Waals surface area contributed by atoms with E-state index in [0.717, 1.165) is 100 Å². The third-order valence-electron chi connectivity index (χ3n) is 15.9. The molecule has 0 amide bonds. The van der Waals surface area contributed by atoms with Crippen molar-refractivity contribution in [3.05, 3.63) is 260 Å². The van der Waals surface area contributed by atoms with Crippen molar-refractivity contribution in [1.29, 1.82) is 0 Å². The van der Waals surface area contributed by atoms with Crippen LogP contribution >= 0.6 is 0 Å². The summed E-state index contributed by atoms with van der Waals surface area (Å²) in [5, 5.41) is 2.31. The molecule has 0 aliphatic carbocycles. The highest BCUT2D eigenvalue weighted by Gasteiger charge is 2.28. The topological polar surface area (TPSA) is 35.9 Å². The number of rotatable bonds is 7.